The van der Waals surface area contributed by atoms with Crippen LogP contribution in [0.25, 0.3) is 10.6 Å². The number of hydrogen-bond donors (Lipinski definition) is 3. The zero-order chi connectivity index (χ0) is 24.9. The van der Waals surface area contributed by atoms with Crippen molar-refractivity contribution >= 4 is 34.1 Å². The van der Waals surface area contributed by atoms with Crippen LogP contribution in [0.15, 0.2) is 48.5 Å². The first-order valence-corrected chi connectivity index (χ1v) is 11.3. The summed E-state index contributed by atoms with van der Waals surface area (Å²) in [5.74, 6) is -0.753. The van der Waals surface area contributed by atoms with Gasteiger partial charge in [0.15, 0.2) is 0 Å². The Hall–Kier alpha value is -3.47. The number of alkyl halides is 3. The molecule has 0 fully saturated rings. The molecule has 2 aromatic carbocycles. The highest BCUT2D eigenvalue weighted by atomic mass is 32.1. The molecule has 3 amide bonds. The Bertz CT molecular complexity index is 1150. The fourth-order valence-electron chi connectivity index (χ4n) is 3.05. The molecule has 7 nitrogen and oxygen atoms in total. The number of urea groups is 1. The molecule has 3 rings (SSSR count). The average molecular weight is 492 g/mol. The number of halogens is 3. The van der Waals surface area contributed by atoms with Crippen LogP contribution in [0.2, 0.25) is 0 Å². The van der Waals surface area contributed by atoms with Gasteiger partial charge in [0, 0.05) is 11.3 Å². The van der Waals surface area contributed by atoms with Crippen molar-refractivity contribution in [1.82, 2.24) is 15.5 Å². The topological polar surface area (TPSA) is 96.0 Å². The standard InChI is InChI=1S/C23H24F3N5O2S/c1-4-14(3)18(28-21(33)27-17-7-5-6-16(12-17)23(24,25)26)19(32)29-22-31-30-20(34-22)15-10-8-13(2)9-11-15/h5-12,14,18H,4H2,1-3H3,(H2,27,28,33)(H,29,31,32). The first-order valence-electron chi connectivity index (χ1n) is 10.5. The second kappa shape index (κ2) is 10.6. The van der Waals surface area contributed by atoms with E-state index in [0.29, 0.717) is 11.4 Å². The van der Waals surface area contributed by atoms with Gasteiger partial charge in [-0.05, 0) is 31.0 Å². The molecule has 0 aliphatic heterocycles. The van der Waals surface area contributed by atoms with Crippen molar-refractivity contribution in [3.63, 3.8) is 0 Å². The minimum absolute atomic E-state index is 0.0394. The van der Waals surface area contributed by atoms with Gasteiger partial charge in [0.1, 0.15) is 11.0 Å². The summed E-state index contributed by atoms with van der Waals surface area (Å²) in [5, 5.41) is 16.6. The van der Waals surface area contributed by atoms with E-state index in [0.717, 1.165) is 23.3 Å². The quantitative estimate of drug-likeness (QED) is 0.395. The van der Waals surface area contributed by atoms with Crippen molar-refractivity contribution < 1.29 is 22.8 Å². The van der Waals surface area contributed by atoms with E-state index in [9.17, 15) is 22.8 Å². The van der Waals surface area contributed by atoms with E-state index in [1.54, 1.807) is 6.92 Å². The highest BCUT2D eigenvalue weighted by molar-refractivity contribution is 7.18. The van der Waals surface area contributed by atoms with Crippen LogP contribution in [0.1, 0.15) is 31.4 Å². The van der Waals surface area contributed by atoms with Gasteiger partial charge in [0.05, 0.1) is 5.56 Å². The van der Waals surface area contributed by atoms with Crippen LogP contribution >= 0.6 is 11.3 Å². The lowest BCUT2D eigenvalue weighted by Crippen LogP contribution is -2.49. The molecule has 0 radical (unpaired) electrons. The number of hydrogen-bond acceptors (Lipinski definition) is 5. The van der Waals surface area contributed by atoms with Gasteiger partial charge in [-0.3, -0.25) is 10.1 Å². The van der Waals surface area contributed by atoms with E-state index in [-0.39, 0.29) is 16.7 Å². The van der Waals surface area contributed by atoms with Crippen LogP contribution in [0.3, 0.4) is 0 Å². The molecule has 0 saturated heterocycles. The van der Waals surface area contributed by atoms with Crippen LogP contribution in [0.5, 0.6) is 0 Å². The second-order valence-corrected chi connectivity index (χ2v) is 8.79. The Morgan fingerprint density at radius 3 is 2.41 bits per heavy atom. The number of anilines is 2. The summed E-state index contributed by atoms with van der Waals surface area (Å²) in [6.45, 7) is 5.62. The summed E-state index contributed by atoms with van der Waals surface area (Å²) >= 11 is 1.19. The Balaban J connectivity index is 1.68. The number of aryl methyl sites for hydroxylation is 1. The Morgan fingerprint density at radius 1 is 1.06 bits per heavy atom. The third-order valence-electron chi connectivity index (χ3n) is 5.18. The van der Waals surface area contributed by atoms with Crippen LogP contribution < -0.4 is 16.0 Å². The molecule has 3 N–H and O–H groups in total. The molecular weight excluding hydrogens is 467 g/mol. The third-order valence-corrected chi connectivity index (χ3v) is 6.07. The summed E-state index contributed by atoms with van der Waals surface area (Å²) in [6.07, 6.45) is -3.96. The van der Waals surface area contributed by atoms with E-state index in [1.165, 1.54) is 23.5 Å². The van der Waals surface area contributed by atoms with E-state index >= 15 is 0 Å². The van der Waals surface area contributed by atoms with Gasteiger partial charge >= 0.3 is 12.2 Å². The number of carbonyl (C=O) groups excluding carboxylic acids is 2. The second-order valence-electron chi connectivity index (χ2n) is 7.81. The van der Waals surface area contributed by atoms with Gasteiger partial charge in [0.2, 0.25) is 11.0 Å². The highest BCUT2D eigenvalue weighted by Crippen LogP contribution is 2.31. The number of aromatic nitrogens is 2. The first-order chi connectivity index (χ1) is 16.1. The van der Waals surface area contributed by atoms with Crippen molar-refractivity contribution in [2.24, 2.45) is 5.92 Å². The molecule has 0 spiro atoms. The number of nitrogens with one attached hydrogen (secondary N) is 3. The van der Waals surface area contributed by atoms with Gasteiger partial charge in [0.25, 0.3) is 0 Å². The zero-order valence-corrected chi connectivity index (χ0v) is 19.6. The molecule has 0 aliphatic carbocycles. The molecule has 3 aromatic rings. The van der Waals surface area contributed by atoms with E-state index in [2.05, 4.69) is 26.1 Å². The summed E-state index contributed by atoms with van der Waals surface area (Å²) in [7, 11) is 0. The highest BCUT2D eigenvalue weighted by Gasteiger charge is 2.31. The lowest BCUT2D eigenvalue weighted by atomic mass is 9.98. The minimum atomic E-state index is -4.54. The smallest absolute Gasteiger partial charge is 0.326 e. The normalized spacial score (nSPS) is 13.1. The number of amides is 3. The molecule has 0 saturated carbocycles. The van der Waals surface area contributed by atoms with Gasteiger partial charge < -0.3 is 10.6 Å². The van der Waals surface area contributed by atoms with Gasteiger partial charge in [-0.25, -0.2) is 4.79 Å². The lowest BCUT2D eigenvalue weighted by molar-refractivity contribution is -0.137. The third kappa shape index (κ3) is 6.53. The predicted molar refractivity (Wildman–Crippen MR) is 126 cm³/mol. The van der Waals surface area contributed by atoms with Crippen LogP contribution in [0, 0.1) is 12.8 Å². The molecule has 0 bridgehead atoms. The van der Waals surface area contributed by atoms with Gasteiger partial charge in [-0.1, -0.05) is 67.5 Å². The van der Waals surface area contributed by atoms with Crippen LogP contribution in [0.4, 0.5) is 28.8 Å². The summed E-state index contributed by atoms with van der Waals surface area (Å²) in [4.78, 5) is 25.4. The maximum Gasteiger partial charge on any atom is 0.416 e. The molecule has 34 heavy (non-hydrogen) atoms. The van der Waals surface area contributed by atoms with Crippen molar-refractivity contribution in [2.45, 2.75) is 39.4 Å². The lowest BCUT2D eigenvalue weighted by Gasteiger charge is -2.23. The average Bonchev–Trinajstić information content (AvgIpc) is 3.25. The summed E-state index contributed by atoms with van der Waals surface area (Å²) < 4.78 is 38.7. The monoisotopic (exact) mass is 491 g/mol. The SMILES string of the molecule is CCC(C)C(NC(=O)Nc1cccc(C(F)(F)F)c1)C(=O)Nc1nnc(-c2ccc(C)cc2)s1. The first kappa shape index (κ1) is 25.2. The van der Waals surface area contributed by atoms with E-state index < -0.39 is 29.7 Å². The number of benzene rings is 2. The zero-order valence-electron chi connectivity index (χ0n) is 18.7. The largest absolute Gasteiger partial charge is 0.416 e. The molecule has 0 aliphatic rings. The van der Waals surface area contributed by atoms with Crippen molar-refractivity contribution in [2.75, 3.05) is 10.6 Å². The fourth-order valence-corrected chi connectivity index (χ4v) is 3.81. The maximum atomic E-state index is 12.9. The summed E-state index contributed by atoms with van der Waals surface area (Å²) in [5.41, 5.74) is 1.04. The molecular formula is C23H24F3N5O2S. The fraction of sp³-hybridized carbons (Fsp3) is 0.304. The van der Waals surface area contributed by atoms with E-state index in [1.807, 2.05) is 38.1 Å². The maximum absolute atomic E-state index is 12.9. The Labute approximate surface area is 198 Å². The molecule has 2 unspecified atom stereocenters. The van der Waals surface area contributed by atoms with Gasteiger partial charge in [-0.15, -0.1) is 10.2 Å². The van der Waals surface area contributed by atoms with Crippen LogP contribution in [-0.2, 0) is 11.0 Å². The molecule has 1 aromatic heterocycles. The Morgan fingerprint density at radius 2 is 1.76 bits per heavy atom. The predicted octanol–water partition coefficient (Wildman–Crippen LogP) is 5.71. The van der Waals surface area contributed by atoms with E-state index in [4.69, 9.17) is 0 Å². The number of nitrogens with zero attached hydrogens (tertiary/aromatic N) is 2. The van der Waals surface area contributed by atoms with Crippen molar-refractivity contribution in [3.8, 4) is 10.6 Å². The van der Waals surface area contributed by atoms with Crippen molar-refractivity contribution in [1.29, 1.82) is 0 Å². The summed E-state index contributed by atoms with van der Waals surface area (Å²) in [6, 6.07) is 10.2. The number of rotatable bonds is 7. The molecule has 11 heteroatoms. The van der Waals surface area contributed by atoms with Crippen LogP contribution in [-0.4, -0.2) is 28.2 Å². The molecule has 180 valence electrons. The minimum Gasteiger partial charge on any atom is -0.326 e. The van der Waals surface area contributed by atoms with Gasteiger partial charge in [-0.2, -0.15) is 13.2 Å². The van der Waals surface area contributed by atoms with Crippen molar-refractivity contribution in [3.05, 3.63) is 59.7 Å². The molecule has 2 atom stereocenters. The number of carbonyl (C=O) groups is 2. The Kier molecular flexibility index (Phi) is 7.87. The molecule has 1 heterocycles.